The van der Waals surface area contributed by atoms with Crippen LogP contribution in [0.1, 0.15) is 101 Å². The fraction of sp³-hybridized carbons (Fsp3) is 0.306. The van der Waals surface area contributed by atoms with Crippen molar-refractivity contribution in [3.63, 3.8) is 0 Å². The van der Waals surface area contributed by atoms with Gasteiger partial charge in [-0.2, -0.15) is 0 Å². The number of unbranched alkanes of at least 4 members (excludes halogenated alkanes) is 1. The summed E-state index contributed by atoms with van der Waals surface area (Å²) in [4.78, 5) is 91.2. The molecule has 5 amide bonds. The van der Waals surface area contributed by atoms with Crippen LogP contribution in [0, 0.1) is 0 Å². The minimum absolute atomic E-state index is 0.0372. The van der Waals surface area contributed by atoms with Crippen molar-refractivity contribution in [1.29, 1.82) is 0 Å². The molecule has 0 aliphatic heterocycles. The molecular weight excluding hydrogens is 1040 g/mol. The summed E-state index contributed by atoms with van der Waals surface area (Å²) < 4.78 is 24.9. The van der Waals surface area contributed by atoms with Crippen LogP contribution >= 0.6 is 0 Å². The van der Waals surface area contributed by atoms with Crippen molar-refractivity contribution in [3.05, 3.63) is 191 Å². The molecule has 0 aliphatic rings. The summed E-state index contributed by atoms with van der Waals surface area (Å²) in [6.07, 6.45) is -0.596. The minimum atomic E-state index is -1.40. The number of nitrogens with zero attached hydrogens (tertiary/aromatic N) is 2. The van der Waals surface area contributed by atoms with Crippen LogP contribution < -0.4 is 34.9 Å². The summed E-state index contributed by atoms with van der Waals surface area (Å²) >= 11 is 0. The van der Waals surface area contributed by atoms with Gasteiger partial charge in [-0.25, -0.2) is 9.86 Å². The highest BCUT2D eigenvalue weighted by Gasteiger charge is 2.24. The maximum Gasteiger partial charge on any atom is 0.326 e. The van der Waals surface area contributed by atoms with E-state index >= 15 is 0 Å². The number of para-hydroxylation sites is 2. The van der Waals surface area contributed by atoms with Crippen molar-refractivity contribution in [2.24, 2.45) is 0 Å². The Hall–Kier alpha value is -9.23. The first-order valence-electron chi connectivity index (χ1n) is 26.8. The highest BCUT2D eigenvalue weighted by molar-refractivity contribution is 5.98. The lowest BCUT2D eigenvalue weighted by Crippen LogP contribution is -2.42. The van der Waals surface area contributed by atoms with Gasteiger partial charge < -0.3 is 50.0 Å². The lowest BCUT2D eigenvalue weighted by atomic mass is 10.1. The quantitative estimate of drug-likeness (QED) is 0.0124. The van der Waals surface area contributed by atoms with Gasteiger partial charge in [-0.05, 0) is 78.6 Å². The van der Waals surface area contributed by atoms with Crippen molar-refractivity contribution in [1.82, 2.24) is 25.9 Å². The second-order valence-corrected chi connectivity index (χ2v) is 18.8. The first kappa shape index (κ1) is 61.0. The van der Waals surface area contributed by atoms with Crippen LogP contribution in [0.15, 0.2) is 158 Å². The Kier molecular flexibility index (Phi) is 25.0. The molecule has 426 valence electrons. The predicted octanol–water partition coefficient (Wildman–Crippen LogP) is 8.37. The van der Waals surface area contributed by atoms with Crippen LogP contribution in [-0.2, 0) is 50.4 Å². The largest absolute Gasteiger partial charge is 0.485 e. The van der Waals surface area contributed by atoms with E-state index in [1.807, 2.05) is 121 Å². The van der Waals surface area contributed by atoms with Crippen molar-refractivity contribution < 1.29 is 67.9 Å². The Morgan fingerprint density at radius 2 is 0.877 bits per heavy atom. The number of nitrogens with one attached hydrogen (secondary N) is 3. The Labute approximate surface area is 470 Å². The van der Waals surface area contributed by atoms with Gasteiger partial charge >= 0.3 is 11.9 Å². The molecule has 0 bridgehead atoms. The number of ether oxygens (including phenoxy) is 4. The fourth-order valence-electron chi connectivity index (χ4n) is 8.31. The topological polar surface area (TPSA) is 260 Å². The number of hydrogen-bond donors (Lipinski definition) is 6. The van der Waals surface area contributed by atoms with Gasteiger partial charge in [-0.1, -0.05) is 133 Å². The third-order valence-corrected chi connectivity index (χ3v) is 12.7. The van der Waals surface area contributed by atoms with Gasteiger partial charge in [0.25, 0.3) is 11.8 Å². The van der Waals surface area contributed by atoms with E-state index in [4.69, 9.17) is 24.1 Å². The highest BCUT2D eigenvalue weighted by Crippen LogP contribution is 2.34. The van der Waals surface area contributed by atoms with Crippen molar-refractivity contribution in [2.75, 3.05) is 32.7 Å². The number of carbonyl (C=O) groups excluding carboxylic acids is 5. The number of rotatable bonds is 35. The number of carboxylic acids is 2. The van der Waals surface area contributed by atoms with E-state index in [1.54, 1.807) is 41.3 Å². The normalized spacial score (nSPS) is 11.1. The maximum atomic E-state index is 13.9. The first-order valence-corrected chi connectivity index (χ1v) is 26.8. The monoisotopic (exact) mass is 1110 g/mol. The number of hydrogen-bond acceptors (Lipinski definition) is 12. The molecule has 1 atom stereocenters. The molecule has 0 saturated heterocycles. The summed E-state index contributed by atoms with van der Waals surface area (Å²) in [7, 11) is 0. The van der Waals surface area contributed by atoms with Crippen LogP contribution in [0.25, 0.3) is 0 Å². The van der Waals surface area contributed by atoms with E-state index < -0.39 is 60.4 Å². The molecule has 0 aliphatic carbocycles. The zero-order chi connectivity index (χ0) is 57.6. The van der Waals surface area contributed by atoms with Crippen molar-refractivity contribution in [3.8, 4) is 23.0 Å². The number of aliphatic carboxylic acids is 2. The van der Waals surface area contributed by atoms with Gasteiger partial charge in [-0.15, -0.1) is 0 Å². The highest BCUT2D eigenvalue weighted by atomic mass is 16.5. The Morgan fingerprint density at radius 3 is 1.33 bits per heavy atom. The first-order chi connectivity index (χ1) is 39.3. The number of carboxylic acid groups (broad SMARTS) is 2. The molecule has 19 heteroatoms. The fourth-order valence-corrected chi connectivity index (χ4v) is 8.31. The molecule has 19 nitrogen and oxygen atoms in total. The van der Waals surface area contributed by atoms with Crippen LogP contribution in [0.2, 0.25) is 0 Å². The number of carbonyl (C=O) groups is 7. The summed E-state index contributed by atoms with van der Waals surface area (Å²) in [6, 6.07) is 47.0. The minimum Gasteiger partial charge on any atom is -0.485 e. The smallest absolute Gasteiger partial charge is 0.326 e. The molecule has 6 rings (SSSR count). The lowest BCUT2D eigenvalue weighted by molar-refractivity contribution is -0.166. The maximum absolute atomic E-state index is 13.9. The Morgan fingerprint density at radius 1 is 0.444 bits per heavy atom. The second kappa shape index (κ2) is 33.3. The van der Waals surface area contributed by atoms with E-state index in [2.05, 4.69) is 16.0 Å². The molecule has 0 spiro atoms. The molecule has 0 unspecified atom stereocenters. The Balaban J connectivity index is 1.08. The van der Waals surface area contributed by atoms with E-state index in [0.29, 0.717) is 35.8 Å². The second-order valence-electron chi connectivity index (χ2n) is 18.8. The molecule has 0 heterocycles. The molecule has 6 aromatic carbocycles. The molecule has 0 radical (unpaired) electrons. The van der Waals surface area contributed by atoms with Gasteiger partial charge in [0.15, 0.2) is 23.0 Å². The molecule has 6 aromatic rings. The Bertz CT molecular complexity index is 2970. The van der Waals surface area contributed by atoms with E-state index in [-0.39, 0.29) is 107 Å². The molecule has 0 aromatic heterocycles. The van der Waals surface area contributed by atoms with Crippen LogP contribution in [0.4, 0.5) is 0 Å². The average molecular weight is 1110 g/mol. The van der Waals surface area contributed by atoms with E-state index in [0.717, 1.165) is 22.3 Å². The zero-order valence-corrected chi connectivity index (χ0v) is 45.0. The van der Waals surface area contributed by atoms with E-state index in [9.17, 15) is 43.9 Å². The molecule has 6 N–H and O–H groups in total. The molecular formula is C62H69N5O14. The summed E-state index contributed by atoms with van der Waals surface area (Å²) in [5.74, 6) is -4.04. The summed E-state index contributed by atoms with van der Waals surface area (Å²) in [6.45, 7) is 1.32. The SMILES string of the molecule is O=C(O)CCC(=O)N(O)CCC[C@H](NC(=O)CCC(=O)N(CCCCNC(=O)c1cccc(OCc2ccccc2)c1OCc1ccccc1)CCCNC(=O)c1cccc(OCc2ccccc2)c1OCc1ccccc1)C(=O)O. The average Bonchev–Trinajstić information content (AvgIpc) is 3.51. The number of benzene rings is 6. The lowest BCUT2D eigenvalue weighted by Gasteiger charge is -2.23. The van der Waals surface area contributed by atoms with Crippen LogP contribution in [-0.4, -0.2) is 106 Å². The number of amides is 5. The van der Waals surface area contributed by atoms with Crippen LogP contribution in [0.5, 0.6) is 23.0 Å². The summed E-state index contributed by atoms with van der Waals surface area (Å²) in [5, 5.41) is 37.3. The van der Waals surface area contributed by atoms with Crippen molar-refractivity contribution in [2.45, 2.75) is 90.3 Å². The van der Waals surface area contributed by atoms with Gasteiger partial charge in [0, 0.05) is 52.0 Å². The summed E-state index contributed by atoms with van der Waals surface area (Å²) in [5.41, 5.74) is 4.17. The zero-order valence-electron chi connectivity index (χ0n) is 45.0. The molecule has 81 heavy (non-hydrogen) atoms. The third kappa shape index (κ3) is 21.2. The molecule has 0 saturated carbocycles. The third-order valence-electron chi connectivity index (χ3n) is 12.7. The van der Waals surface area contributed by atoms with Crippen molar-refractivity contribution >= 4 is 41.5 Å². The van der Waals surface area contributed by atoms with E-state index in [1.165, 1.54) is 0 Å². The van der Waals surface area contributed by atoms with Gasteiger partial charge in [-0.3, -0.25) is 34.0 Å². The van der Waals surface area contributed by atoms with Gasteiger partial charge in [0.1, 0.15) is 32.5 Å². The van der Waals surface area contributed by atoms with Crippen LogP contribution in [0.3, 0.4) is 0 Å². The van der Waals surface area contributed by atoms with Gasteiger partial charge in [0.2, 0.25) is 17.7 Å². The predicted molar refractivity (Wildman–Crippen MR) is 299 cm³/mol. The van der Waals surface area contributed by atoms with Gasteiger partial charge in [0.05, 0.1) is 17.5 Å². The number of hydroxylamine groups is 2. The standard InChI is InChI=1S/C62H69N5O14/c68-54(65-51(62(75)76)29-17-40-67(77)56(70)34-35-57(71)72)32-33-55(69)66(39-18-37-64-61(74)50-28-16-31-53(79-42-46-21-7-2-8-22-46)59(50)81-44-48-25-11-4-12-26-48)38-14-13-36-63-60(73)49-27-15-30-52(78-41-45-19-5-1-6-20-45)58(49)80-43-47-23-9-3-10-24-47/h1-12,15-16,19-28,30-31,51,77H,13-14,17-18,29,32-44H2,(H,63,73)(H,64,74)(H,65,68)(H,71,72)(H,75,76)/t51-/m0/s1. The molecule has 0 fully saturated rings.